The number of rotatable bonds is 1. The molecule has 58 valence electrons. The van der Waals surface area contributed by atoms with Crippen molar-refractivity contribution in [1.82, 2.24) is 0 Å². The van der Waals surface area contributed by atoms with Crippen molar-refractivity contribution >= 4 is 0 Å². The van der Waals surface area contributed by atoms with Crippen LogP contribution in [-0.4, -0.2) is 0 Å². The van der Waals surface area contributed by atoms with Crippen LogP contribution in [-0.2, 0) is 0 Å². The molecule has 0 saturated carbocycles. The predicted molar refractivity (Wildman–Crippen MR) is 47.0 cm³/mol. The maximum Gasteiger partial charge on any atom is -0.0127 e. The van der Waals surface area contributed by atoms with E-state index in [-0.39, 0.29) is 5.41 Å². The van der Waals surface area contributed by atoms with Crippen molar-refractivity contribution in [3.05, 3.63) is 17.4 Å². The highest BCUT2D eigenvalue weighted by Crippen LogP contribution is 2.14. The molecule has 0 aliphatic heterocycles. The summed E-state index contributed by atoms with van der Waals surface area (Å²) in [5.74, 6) is 0. The van der Waals surface area contributed by atoms with Crippen LogP contribution >= 0.6 is 0 Å². The van der Waals surface area contributed by atoms with Gasteiger partial charge in [0.1, 0.15) is 0 Å². The normalized spacial score (nSPS) is 10.5. The van der Waals surface area contributed by atoms with Crippen LogP contribution in [0.25, 0.3) is 0 Å². The number of allylic oxidation sites excluding steroid dienone is 1. The largest absolute Gasteiger partial charge is 0.126 e. The van der Waals surface area contributed by atoms with Gasteiger partial charge in [0.25, 0.3) is 0 Å². The van der Waals surface area contributed by atoms with E-state index in [1.165, 1.54) is 5.57 Å². The Morgan fingerprint density at radius 1 is 1.40 bits per heavy atom. The van der Waals surface area contributed by atoms with E-state index in [9.17, 15) is 0 Å². The molecule has 0 unspecified atom stereocenters. The lowest BCUT2D eigenvalue weighted by Gasteiger charge is -2.08. The Morgan fingerprint density at radius 3 is 2.20 bits per heavy atom. The van der Waals surface area contributed by atoms with Crippen molar-refractivity contribution in [3.63, 3.8) is 0 Å². The quantitative estimate of drug-likeness (QED) is 0.486. The van der Waals surface area contributed by atoms with Gasteiger partial charge in [0.2, 0.25) is 0 Å². The zero-order valence-corrected chi connectivity index (χ0v) is 7.78. The Labute approximate surface area is 64.6 Å². The van der Waals surface area contributed by atoms with Gasteiger partial charge in [0, 0.05) is 0 Å². The lowest BCUT2D eigenvalue weighted by Crippen LogP contribution is -1.97. The molecule has 0 aliphatic rings. The molecular weight excluding hydrogens is 120 g/mol. The predicted octanol–water partition coefficient (Wildman–Crippen LogP) is 3.54. The Balaban J connectivity index is 4.23. The summed E-state index contributed by atoms with van der Waals surface area (Å²) in [5, 5.41) is 0. The lowest BCUT2D eigenvalue weighted by molar-refractivity contribution is 0.544. The van der Waals surface area contributed by atoms with Crippen molar-refractivity contribution in [1.29, 1.82) is 0 Å². The van der Waals surface area contributed by atoms with E-state index in [1.807, 2.05) is 0 Å². The molecule has 0 nitrogen and oxygen atoms in total. The monoisotopic (exact) mass is 138 g/mol. The molecule has 0 heteroatoms. The van der Waals surface area contributed by atoms with Crippen molar-refractivity contribution in [2.75, 3.05) is 0 Å². The molecule has 0 spiro atoms. The van der Waals surface area contributed by atoms with Crippen LogP contribution in [0, 0.1) is 5.41 Å². The standard InChI is InChI=1S/C10H18/c1-6-9(2)7-8-10(3,4)5/h8H,6H2,1-5H3. The van der Waals surface area contributed by atoms with Gasteiger partial charge in [-0.15, -0.1) is 5.73 Å². The first-order valence-electron chi connectivity index (χ1n) is 3.89. The van der Waals surface area contributed by atoms with Crippen molar-refractivity contribution in [3.8, 4) is 0 Å². The first-order chi connectivity index (χ1) is 4.45. The van der Waals surface area contributed by atoms with Crippen LogP contribution < -0.4 is 0 Å². The molecule has 0 amide bonds. The number of hydrogen-bond acceptors (Lipinski definition) is 0. The van der Waals surface area contributed by atoms with E-state index in [0.717, 1.165) is 6.42 Å². The first kappa shape index (κ1) is 9.52. The van der Waals surface area contributed by atoms with Gasteiger partial charge in [-0.1, -0.05) is 27.7 Å². The molecule has 0 atom stereocenters. The van der Waals surface area contributed by atoms with Gasteiger partial charge in [-0.3, -0.25) is 0 Å². The van der Waals surface area contributed by atoms with Crippen LogP contribution in [0.4, 0.5) is 0 Å². The maximum absolute atomic E-state index is 3.26. The molecule has 0 bridgehead atoms. The van der Waals surface area contributed by atoms with Crippen LogP contribution in [0.3, 0.4) is 0 Å². The summed E-state index contributed by atoms with van der Waals surface area (Å²) in [4.78, 5) is 0. The Bertz CT molecular complexity index is 149. The molecule has 0 rings (SSSR count). The summed E-state index contributed by atoms with van der Waals surface area (Å²) in [6, 6.07) is 0. The van der Waals surface area contributed by atoms with Gasteiger partial charge in [-0.05, 0) is 30.4 Å². The van der Waals surface area contributed by atoms with Gasteiger partial charge in [-0.2, -0.15) is 0 Å². The minimum absolute atomic E-state index is 0.274. The first-order valence-corrected chi connectivity index (χ1v) is 3.89. The second kappa shape index (κ2) is 3.63. The smallest absolute Gasteiger partial charge is 0.0127 e. The maximum atomic E-state index is 3.26. The highest BCUT2D eigenvalue weighted by molar-refractivity contribution is 5.00. The third-order valence-corrected chi connectivity index (χ3v) is 1.28. The second-order valence-corrected chi connectivity index (χ2v) is 3.79. The molecule has 0 radical (unpaired) electrons. The third-order valence-electron chi connectivity index (χ3n) is 1.28. The molecule has 10 heavy (non-hydrogen) atoms. The zero-order valence-electron chi connectivity index (χ0n) is 7.78. The fraction of sp³-hybridized carbons (Fsp3) is 0.700. The fourth-order valence-electron chi connectivity index (χ4n) is 0.442. The second-order valence-electron chi connectivity index (χ2n) is 3.79. The van der Waals surface area contributed by atoms with Crippen LogP contribution in [0.2, 0.25) is 0 Å². The molecule has 0 aromatic rings. The zero-order chi connectivity index (χ0) is 8.20. The molecule has 0 aromatic carbocycles. The van der Waals surface area contributed by atoms with Gasteiger partial charge >= 0.3 is 0 Å². The highest BCUT2D eigenvalue weighted by atomic mass is 14.1. The van der Waals surface area contributed by atoms with Crippen molar-refractivity contribution in [2.24, 2.45) is 5.41 Å². The van der Waals surface area contributed by atoms with E-state index in [0.29, 0.717) is 0 Å². The Hall–Kier alpha value is -0.480. The highest BCUT2D eigenvalue weighted by Gasteiger charge is 2.02. The minimum atomic E-state index is 0.274. The molecular formula is C10H18. The Morgan fingerprint density at radius 2 is 1.90 bits per heavy atom. The van der Waals surface area contributed by atoms with Crippen molar-refractivity contribution in [2.45, 2.75) is 41.0 Å². The minimum Gasteiger partial charge on any atom is -0.126 e. The average Bonchev–Trinajstić information content (AvgIpc) is 1.81. The fourth-order valence-corrected chi connectivity index (χ4v) is 0.442. The molecule has 0 aromatic heterocycles. The number of hydrogen-bond donors (Lipinski definition) is 0. The Kier molecular flexibility index (Phi) is 3.46. The summed E-state index contributed by atoms with van der Waals surface area (Å²) in [6.07, 6.45) is 3.23. The summed E-state index contributed by atoms with van der Waals surface area (Å²) in [7, 11) is 0. The van der Waals surface area contributed by atoms with E-state index in [2.05, 4.69) is 46.4 Å². The summed E-state index contributed by atoms with van der Waals surface area (Å²) < 4.78 is 0. The summed E-state index contributed by atoms with van der Waals surface area (Å²) >= 11 is 0. The van der Waals surface area contributed by atoms with E-state index in [4.69, 9.17) is 0 Å². The van der Waals surface area contributed by atoms with Gasteiger partial charge in [0.05, 0.1) is 0 Å². The third kappa shape index (κ3) is 5.65. The summed E-state index contributed by atoms with van der Waals surface area (Å²) in [6.45, 7) is 10.8. The van der Waals surface area contributed by atoms with E-state index in [1.54, 1.807) is 0 Å². The van der Waals surface area contributed by atoms with Gasteiger partial charge < -0.3 is 0 Å². The van der Waals surface area contributed by atoms with E-state index >= 15 is 0 Å². The summed E-state index contributed by atoms with van der Waals surface area (Å²) in [5.41, 5.74) is 4.87. The van der Waals surface area contributed by atoms with Crippen LogP contribution in [0.5, 0.6) is 0 Å². The molecule has 0 heterocycles. The van der Waals surface area contributed by atoms with Crippen LogP contribution in [0.1, 0.15) is 41.0 Å². The van der Waals surface area contributed by atoms with E-state index < -0.39 is 0 Å². The molecule has 0 fully saturated rings. The molecule has 0 N–H and O–H groups in total. The molecule has 0 saturated heterocycles. The lowest BCUT2D eigenvalue weighted by atomic mass is 9.96. The topological polar surface area (TPSA) is 0 Å². The van der Waals surface area contributed by atoms with Crippen molar-refractivity contribution < 1.29 is 0 Å². The van der Waals surface area contributed by atoms with Crippen LogP contribution in [0.15, 0.2) is 17.4 Å². The van der Waals surface area contributed by atoms with Gasteiger partial charge in [-0.25, -0.2) is 0 Å². The molecule has 0 aliphatic carbocycles. The SMILES string of the molecule is CCC(C)=C=CC(C)(C)C. The average molecular weight is 138 g/mol. The van der Waals surface area contributed by atoms with Gasteiger partial charge in [0.15, 0.2) is 0 Å².